The molecule has 0 atom stereocenters. The van der Waals surface area contributed by atoms with Gasteiger partial charge in [-0.05, 0) is 23.8 Å². The first-order valence-electron chi connectivity index (χ1n) is 6.85. The molecule has 0 saturated heterocycles. The molecular formula is C14H13N5O6S. The lowest BCUT2D eigenvalue weighted by Gasteiger charge is -2.01. The largest absolute Gasteiger partial charge is 0.504 e. The molecule has 26 heavy (non-hydrogen) atoms. The molecule has 0 bridgehead atoms. The molecule has 0 aliphatic carbocycles. The number of aromatic nitrogens is 1. The van der Waals surface area contributed by atoms with Crippen molar-refractivity contribution in [1.29, 1.82) is 0 Å². The van der Waals surface area contributed by atoms with E-state index in [9.17, 15) is 19.8 Å². The van der Waals surface area contributed by atoms with Crippen molar-refractivity contribution in [2.24, 2.45) is 10.3 Å². The Morgan fingerprint density at radius 1 is 1.35 bits per heavy atom. The quantitative estimate of drug-likeness (QED) is 0.255. The van der Waals surface area contributed by atoms with E-state index in [1.54, 1.807) is 0 Å². The van der Waals surface area contributed by atoms with Gasteiger partial charge in [-0.15, -0.1) is 11.3 Å². The number of carboxylic acid groups (broad SMARTS) is 1. The monoisotopic (exact) mass is 379 g/mol. The minimum Gasteiger partial charge on any atom is -0.504 e. The van der Waals surface area contributed by atoms with Gasteiger partial charge in [0, 0.05) is 5.38 Å². The van der Waals surface area contributed by atoms with Crippen LogP contribution in [0.5, 0.6) is 11.5 Å². The number of carbonyl (C=O) groups is 2. The number of nitrogens with zero attached hydrogens (tertiary/aromatic N) is 3. The summed E-state index contributed by atoms with van der Waals surface area (Å²) in [7, 11) is 0. The van der Waals surface area contributed by atoms with E-state index in [1.807, 2.05) is 0 Å². The third-order valence-corrected chi connectivity index (χ3v) is 3.39. The Morgan fingerprint density at radius 2 is 2.12 bits per heavy atom. The Bertz CT molecular complexity index is 878. The molecule has 6 N–H and O–H groups in total. The van der Waals surface area contributed by atoms with Crippen molar-refractivity contribution in [2.45, 2.75) is 0 Å². The number of anilines is 1. The number of phenols is 2. The van der Waals surface area contributed by atoms with Gasteiger partial charge in [0.2, 0.25) is 5.71 Å². The van der Waals surface area contributed by atoms with Gasteiger partial charge in [-0.25, -0.2) is 15.2 Å². The minimum atomic E-state index is -1.39. The van der Waals surface area contributed by atoms with Gasteiger partial charge in [0.1, 0.15) is 5.69 Å². The van der Waals surface area contributed by atoms with E-state index in [2.05, 4.69) is 20.7 Å². The number of nitrogen functional groups attached to an aromatic ring is 1. The number of aromatic hydroxyl groups is 2. The molecule has 136 valence electrons. The summed E-state index contributed by atoms with van der Waals surface area (Å²) in [6.07, 6.45) is 1.22. The summed E-state index contributed by atoms with van der Waals surface area (Å²) < 4.78 is 0. The minimum absolute atomic E-state index is 0.0190. The van der Waals surface area contributed by atoms with E-state index in [4.69, 9.17) is 15.7 Å². The molecule has 11 nitrogen and oxygen atoms in total. The van der Waals surface area contributed by atoms with E-state index >= 15 is 0 Å². The molecule has 0 unspecified atom stereocenters. The number of benzene rings is 1. The normalized spacial score (nSPS) is 11.5. The van der Waals surface area contributed by atoms with Crippen LogP contribution in [0.1, 0.15) is 11.3 Å². The maximum Gasteiger partial charge on any atom is 0.360 e. The summed E-state index contributed by atoms with van der Waals surface area (Å²) >= 11 is 1.04. The lowest BCUT2D eigenvalue weighted by atomic mass is 10.2. The SMILES string of the molecule is Nc1nc(C(=NOCC(=O)NN=Cc2ccc(O)c(O)c2)C(=O)O)cs1. The van der Waals surface area contributed by atoms with E-state index in [-0.39, 0.29) is 22.3 Å². The fourth-order valence-electron chi connectivity index (χ4n) is 1.58. The number of nitrogens with two attached hydrogens (primary N) is 1. The lowest BCUT2D eigenvalue weighted by Crippen LogP contribution is -2.23. The van der Waals surface area contributed by atoms with Crippen molar-refractivity contribution < 1.29 is 29.7 Å². The zero-order valence-electron chi connectivity index (χ0n) is 13.0. The number of carbonyl (C=O) groups excluding carboxylic acids is 1. The average Bonchev–Trinajstić information content (AvgIpc) is 3.00. The molecule has 0 aliphatic rings. The Morgan fingerprint density at radius 3 is 2.73 bits per heavy atom. The Kier molecular flexibility index (Phi) is 6.06. The number of oxime groups is 1. The van der Waals surface area contributed by atoms with Crippen LogP contribution in [0, 0.1) is 0 Å². The van der Waals surface area contributed by atoms with E-state index in [1.165, 1.54) is 29.8 Å². The van der Waals surface area contributed by atoms with Crippen molar-refractivity contribution in [3.63, 3.8) is 0 Å². The highest BCUT2D eigenvalue weighted by atomic mass is 32.1. The van der Waals surface area contributed by atoms with Gasteiger partial charge in [0.15, 0.2) is 23.2 Å². The van der Waals surface area contributed by atoms with Crippen LogP contribution in [0.4, 0.5) is 5.13 Å². The summed E-state index contributed by atoms with van der Waals surface area (Å²) in [6, 6.07) is 3.96. The Labute approximate surface area is 150 Å². The zero-order valence-corrected chi connectivity index (χ0v) is 13.8. The fraction of sp³-hybridized carbons (Fsp3) is 0.0714. The van der Waals surface area contributed by atoms with Crippen LogP contribution in [0.3, 0.4) is 0 Å². The summed E-state index contributed by atoms with van der Waals surface area (Å²) in [6.45, 7) is -0.589. The smallest absolute Gasteiger partial charge is 0.360 e. The van der Waals surface area contributed by atoms with Crippen molar-refractivity contribution in [2.75, 3.05) is 12.3 Å². The maximum absolute atomic E-state index is 11.6. The Balaban J connectivity index is 1.88. The van der Waals surface area contributed by atoms with Crippen molar-refractivity contribution in [3.8, 4) is 11.5 Å². The number of aliphatic carboxylic acids is 1. The molecule has 0 spiro atoms. The molecule has 2 rings (SSSR count). The van der Waals surface area contributed by atoms with E-state index in [0.29, 0.717) is 5.56 Å². The van der Waals surface area contributed by atoms with Crippen LogP contribution in [0.25, 0.3) is 0 Å². The standard InChI is InChI=1S/C14H13N5O6S/c15-14-17-8(6-26-14)12(13(23)24)19-25-5-11(22)18-16-4-7-1-2-9(20)10(21)3-7/h1-4,6,20-21H,5H2,(H2,15,17)(H,18,22)(H,23,24). The second-order valence-corrected chi connectivity index (χ2v) is 5.52. The number of thiazole rings is 1. The number of phenolic OH excluding ortho intramolecular Hbond substituents is 2. The predicted molar refractivity (Wildman–Crippen MR) is 92.2 cm³/mol. The number of carboxylic acids is 1. The molecule has 0 saturated carbocycles. The summed E-state index contributed by atoms with van der Waals surface area (Å²) in [5.74, 6) is -2.70. The van der Waals surface area contributed by atoms with Gasteiger partial charge in [-0.1, -0.05) is 5.16 Å². The molecular weight excluding hydrogens is 366 g/mol. The molecule has 0 radical (unpaired) electrons. The highest BCUT2D eigenvalue weighted by Crippen LogP contribution is 2.23. The average molecular weight is 379 g/mol. The number of rotatable bonds is 7. The number of hydrogen-bond donors (Lipinski definition) is 5. The van der Waals surface area contributed by atoms with Crippen LogP contribution in [-0.2, 0) is 14.4 Å². The Hall–Kier alpha value is -3.67. The van der Waals surface area contributed by atoms with Crippen molar-refractivity contribution in [1.82, 2.24) is 10.4 Å². The van der Waals surface area contributed by atoms with Crippen LogP contribution in [0.15, 0.2) is 33.8 Å². The summed E-state index contributed by atoms with van der Waals surface area (Å²) in [4.78, 5) is 31.1. The van der Waals surface area contributed by atoms with E-state index in [0.717, 1.165) is 11.3 Å². The summed E-state index contributed by atoms with van der Waals surface area (Å²) in [5.41, 5.74) is 7.50. The third kappa shape index (κ3) is 5.17. The molecule has 12 heteroatoms. The third-order valence-electron chi connectivity index (χ3n) is 2.72. The van der Waals surface area contributed by atoms with Gasteiger partial charge in [-0.2, -0.15) is 5.10 Å². The molecule has 2 aromatic rings. The lowest BCUT2D eigenvalue weighted by molar-refractivity contribution is -0.130. The molecule has 1 aromatic heterocycles. The summed E-state index contributed by atoms with van der Waals surface area (Å²) in [5, 5.41) is 36.1. The molecule has 1 aromatic carbocycles. The fourth-order valence-corrected chi connectivity index (χ4v) is 2.13. The van der Waals surface area contributed by atoms with Crippen molar-refractivity contribution >= 4 is 40.3 Å². The number of amides is 1. The number of hydrazone groups is 1. The second-order valence-electron chi connectivity index (χ2n) is 4.63. The second kappa shape index (κ2) is 8.43. The molecule has 1 heterocycles. The van der Waals surface area contributed by atoms with Gasteiger partial charge < -0.3 is 25.9 Å². The highest BCUT2D eigenvalue weighted by Gasteiger charge is 2.17. The van der Waals surface area contributed by atoms with Crippen LogP contribution in [-0.4, -0.2) is 50.7 Å². The van der Waals surface area contributed by atoms with Gasteiger partial charge in [-0.3, -0.25) is 4.79 Å². The topological polar surface area (TPSA) is 180 Å². The van der Waals surface area contributed by atoms with Gasteiger partial charge in [0.05, 0.1) is 6.21 Å². The van der Waals surface area contributed by atoms with Gasteiger partial charge in [0.25, 0.3) is 5.91 Å². The first-order chi connectivity index (χ1) is 12.4. The number of nitrogens with one attached hydrogen (secondary N) is 1. The maximum atomic E-state index is 11.6. The van der Waals surface area contributed by atoms with Crippen LogP contribution in [0.2, 0.25) is 0 Å². The van der Waals surface area contributed by atoms with Crippen LogP contribution < -0.4 is 11.2 Å². The molecule has 0 fully saturated rings. The zero-order chi connectivity index (χ0) is 19.1. The number of hydrogen-bond acceptors (Lipinski definition) is 10. The van der Waals surface area contributed by atoms with Crippen LogP contribution >= 0.6 is 11.3 Å². The first kappa shape index (κ1) is 18.7. The molecule has 0 aliphatic heterocycles. The van der Waals surface area contributed by atoms with Gasteiger partial charge >= 0.3 is 5.97 Å². The van der Waals surface area contributed by atoms with Crippen molar-refractivity contribution in [3.05, 3.63) is 34.8 Å². The van der Waals surface area contributed by atoms with E-state index < -0.39 is 24.2 Å². The predicted octanol–water partition coefficient (Wildman–Crippen LogP) is 0.0921. The highest BCUT2D eigenvalue weighted by molar-refractivity contribution is 7.13. The molecule has 1 amide bonds. The first-order valence-corrected chi connectivity index (χ1v) is 7.73.